The Kier molecular flexibility index (Phi) is 15.4. The molecule has 6 heteroatoms. The van der Waals surface area contributed by atoms with E-state index in [0.717, 1.165) is 18.7 Å². The van der Waals surface area contributed by atoms with Crippen LogP contribution in [0.2, 0.25) is 0 Å². The molecule has 0 aliphatic heterocycles. The van der Waals surface area contributed by atoms with Crippen LogP contribution >= 0.6 is 33.3 Å². The van der Waals surface area contributed by atoms with Crippen LogP contribution in [0.3, 0.4) is 0 Å². The molecular weight excluding hydrogens is 260 g/mol. The summed E-state index contributed by atoms with van der Waals surface area (Å²) in [5, 5.41) is 0.843. The van der Waals surface area contributed by atoms with Gasteiger partial charge in [-0.05, 0) is 18.9 Å². The minimum atomic E-state index is 0.171. The molecule has 1 atom stereocenters. The molecule has 0 aromatic heterocycles. The third-order valence-corrected chi connectivity index (χ3v) is 4.54. The number of aliphatic imine (C=N–C) groups is 1. The second-order valence-electron chi connectivity index (χ2n) is 3.02. The highest BCUT2D eigenvalue weighted by molar-refractivity contribution is 8.76. The first kappa shape index (κ1) is 18.6. The van der Waals surface area contributed by atoms with Gasteiger partial charge in [0.1, 0.15) is 0 Å². The second kappa shape index (κ2) is 13.3. The van der Waals surface area contributed by atoms with E-state index >= 15 is 0 Å². The molecule has 0 saturated carbocycles. The van der Waals surface area contributed by atoms with Crippen molar-refractivity contribution in [1.82, 2.24) is 0 Å². The van der Waals surface area contributed by atoms with Crippen LogP contribution in [0.15, 0.2) is 4.99 Å². The van der Waals surface area contributed by atoms with Gasteiger partial charge in [-0.25, -0.2) is 0 Å². The van der Waals surface area contributed by atoms with Gasteiger partial charge in [0.05, 0.1) is 5.84 Å². The highest BCUT2D eigenvalue weighted by atomic mass is 33.1. The number of rotatable bonds is 5. The van der Waals surface area contributed by atoms with Gasteiger partial charge in [0.15, 0.2) is 5.12 Å². The lowest BCUT2D eigenvalue weighted by Gasteiger charge is -2.07. The van der Waals surface area contributed by atoms with Gasteiger partial charge >= 0.3 is 0 Å². The summed E-state index contributed by atoms with van der Waals surface area (Å²) in [5.74, 6) is 0.763. The Bertz CT molecular complexity index is 210. The molecule has 0 radical (unpaired) electrons. The Morgan fingerprint density at radius 3 is 2.25 bits per heavy atom. The quantitative estimate of drug-likeness (QED) is 0.477. The van der Waals surface area contributed by atoms with E-state index in [-0.39, 0.29) is 5.12 Å². The van der Waals surface area contributed by atoms with E-state index in [1.54, 1.807) is 31.0 Å². The van der Waals surface area contributed by atoms with Crippen molar-refractivity contribution in [1.29, 1.82) is 0 Å². The van der Waals surface area contributed by atoms with Gasteiger partial charge in [0.25, 0.3) is 0 Å². The maximum atomic E-state index is 9.78. The number of hydrogen-bond donors (Lipinski definition) is 1. The molecule has 0 aliphatic rings. The van der Waals surface area contributed by atoms with Crippen LogP contribution in [0.25, 0.3) is 0 Å². The average Bonchev–Trinajstić information content (AvgIpc) is 2.27. The largest absolute Gasteiger partial charge is 0.387 e. The number of carbonyl (C=O) groups is 1. The van der Waals surface area contributed by atoms with E-state index in [4.69, 9.17) is 5.73 Å². The van der Waals surface area contributed by atoms with Crippen molar-refractivity contribution >= 4 is 44.3 Å². The van der Waals surface area contributed by atoms with E-state index in [2.05, 4.69) is 18.2 Å². The van der Waals surface area contributed by atoms with E-state index in [0.29, 0.717) is 5.25 Å². The maximum Gasteiger partial charge on any atom is 0.185 e. The highest BCUT2D eigenvalue weighted by Gasteiger charge is 2.01. The van der Waals surface area contributed by atoms with Gasteiger partial charge in [-0.15, -0.1) is 0 Å². The molecule has 2 N–H and O–H groups in total. The Morgan fingerprint density at radius 1 is 1.44 bits per heavy atom. The van der Waals surface area contributed by atoms with E-state index in [1.807, 2.05) is 10.8 Å². The third-order valence-electron chi connectivity index (χ3n) is 1.64. The van der Waals surface area contributed by atoms with Crippen LogP contribution in [-0.2, 0) is 4.79 Å². The van der Waals surface area contributed by atoms with Crippen molar-refractivity contribution in [3.05, 3.63) is 0 Å². The average molecular weight is 282 g/mol. The summed E-state index contributed by atoms with van der Waals surface area (Å²) in [7, 11) is 5.43. The van der Waals surface area contributed by atoms with Crippen LogP contribution in [0, 0.1) is 0 Å². The number of carbonyl (C=O) groups excluding carboxylic acids is 1. The van der Waals surface area contributed by atoms with Gasteiger partial charge < -0.3 is 5.73 Å². The van der Waals surface area contributed by atoms with Crippen molar-refractivity contribution < 1.29 is 4.79 Å². The predicted octanol–water partition coefficient (Wildman–Crippen LogP) is 3.05. The molecule has 0 bridgehead atoms. The van der Waals surface area contributed by atoms with Gasteiger partial charge in [0.2, 0.25) is 0 Å². The molecule has 0 saturated heterocycles. The number of hydrogen-bond acceptors (Lipinski definition) is 5. The summed E-state index contributed by atoms with van der Waals surface area (Å²) >= 11 is 1.24. The Hall–Kier alpha value is 0.190. The Labute approximate surface area is 111 Å². The first-order valence-corrected chi connectivity index (χ1v) is 8.77. The summed E-state index contributed by atoms with van der Waals surface area (Å²) in [6.45, 7) is 3.76. The topological polar surface area (TPSA) is 55.4 Å². The Balaban J connectivity index is 0. The molecule has 1 unspecified atom stereocenters. The summed E-state index contributed by atoms with van der Waals surface area (Å²) in [6.07, 6.45) is 5.90. The van der Waals surface area contributed by atoms with Crippen molar-refractivity contribution in [2.75, 3.05) is 19.6 Å². The van der Waals surface area contributed by atoms with Crippen molar-refractivity contribution in [3.63, 3.8) is 0 Å². The second-order valence-corrected chi connectivity index (χ2v) is 6.91. The molecular formula is C10H22N2OS3. The van der Waals surface area contributed by atoms with Crippen LogP contribution < -0.4 is 5.73 Å². The lowest BCUT2D eigenvalue weighted by Crippen LogP contribution is -2.12. The van der Waals surface area contributed by atoms with Gasteiger partial charge in [-0.2, -0.15) is 0 Å². The van der Waals surface area contributed by atoms with Crippen LogP contribution in [0.1, 0.15) is 26.7 Å². The van der Waals surface area contributed by atoms with Crippen molar-refractivity contribution in [2.24, 2.45) is 10.7 Å². The summed E-state index contributed by atoms with van der Waals surface area (Å²) < 4.78 is 0. The molecule has 0 amide bonds. The molecule has 0 heterocycles. The third kappa shape index (κ3) is 16.6. The van der Waals surface area contributed by atoms with Crippen LogP contribution in [0.5, 0.6) is 0 Å². The number of nitrogens with two attached hydrogens (primary N) is 1. The summed E-state index contributed by atoms with van der Waals surface area (Å²) in [5.41, 5.74) is 5.55. The molecule has 16 heavy (non-hydrogen) atoms. The summed E-state index contributed by atoms with van der Waals surface area (Å²) in [4.78, 5) is 13.7. The molecule has 0 aliphatic carbocycles. The number of thioether (sulfide) groups is 1. The van der Waals surface area contributed by atoms with Gasteiger partial charge in [-0.3, -0.25) is 9.79 Å². The fraction of sp³-hybridized carbons (Fsp3) is 0.800. The first-order chi connectivity index (χ1) is 7.47. The zero-order chi connectivity index (χ0) is 13.0. The minimum Gasteiger partial charge on any atom is -0.387 e. The predicted molar refractivity (Wildman–Crippen MR) is 81.5 cm³/mol. The highest BCUT2D eigenvalue weighted by Crippen LogP contribution is 2.26. The molecule has 0 aromatic carbocycles. The Morgan fingerprint density at radius 2 is 1.94 bits per heavy atom. The molecule has 0 aromatic rings. The number of nitrogens with zero attached hydrogens (tertiary/aromatic N) is 1. The van der Waals surface area contributed by atoms with E-state index in [1.165, 1.54) is 11.8 Å². The van der Waals surface area contributed by atoms with Crippen LogP contribution in [-0.4, -0.2) is 35.8 Å². The summed E-state index contributed by atoms with van der Waals surface area (Å²) in [6, 6.07) is 0. The fourth-order valence-electron chi connectivity index (χ4n) is 0.675. The minimum absolute atomic E-state index is 0.171. The standard InChI is InChI=1S/C7H16N2S2.C3H6OS/c1-6(11-10-3)4-5-7(8)9-2;1-3(4)5-2/h6H,4-5H2,1-3H3,(H2,8,9);1-2H3. The molecule has 0 fully saturated rings. The molecule has 96 valence electrons. The smallest absolute Gasteiger partial charge is 0.185 e. The van der Waals surface area contributed by atoms with Crippen molar-refractivity contribution in [3.8, 4) is 0 Å². The monoisotopic (exact) mass is 282 g/mol. The molecule has 0 spiro atoms. The van der Waals surface area contributed by atoms with Gasteiger partial charge in [-0.1, -0.05) is 40.3 Å². The van der Waals surface area contributed by atoms with E-state index in [9.17, 15) is 4.79 Å². The van der Waals surface area contributed by atoms with Crippen molar-refractivity contribution in [2.45, 2.75) is 31.9 Å². The first-order valence-electron chi connectivity index (χ1n) is 4.93. The number of amidine groups is 1. The fourth-order valence-corrected chi connectivity index (χ4v) is 2.49. The molecule has 0 rings (SSSR count). The SMILES string of the molecule is CN=C(N)CCC(C)SSC.CSC(C)=O. The van der Waals surface area contributed by atoms with Crippen LogP contribution in [0.4, 0.5) is 0 Å². The normalized spacial score (nSPS) is 12.7. The lowest BCUT2D eigenvalue weighted by atomic mass is 10.2. The molecule has 3 nitrogen and oxygen atoms in total. The van der Waals surface area contributed by atoms with E-state index < -0.39 is 0 Å². The maximum absolute atomic E-state index is 9.78. The zero-order valence-electron chi connectivity index (χ0n) is 10.6. The lowest BCUT2D eigenvalue weighted by molar-refractivity contribution is -0.109. The van der Waals surface area contributed by atoms with Gasteiger partial charge in [0, 0.05) is 25.6 Å². The zero-order valence-corrected chi connectivity index (χ0v) is 13.1.